The standard InChI is InChI=1S/C10H10ClN3OS/c1-6-9(14-15-13-6)5-16-10-4-7(11)2-3-8(10)12/h2-4H,5,12H2,1H3. The minimum Gasteiger partial charge on any atom is -0.398 e. The van der Waals surface area contributed by atoms with Gasteiger partial charge >= 0.3 is 0 Å². The van der Waals surface area contributed by atoms with Crippen LogP contribution < -0.4 is 5.73 Å². The van der Waals surface area contributed by atoms with Gasteiger partial charge in [0.1, 0.15) is 11.4 Å². The summed E-state index contributed by atoms with van der Waals surface area (Å²) < 4.78 is 4.62. The molecular formula is C10H10ClN3OS. The molecular weight excluding hydrogens is 246 g/mol. The smallest absolute Gasteiger partial charge is 0.118 e. The van der Waals surface area contributed by atoms with E-state index in [1.54, 1.807) is 23.9 Å². The first kappa shape index (κ1) is 11.3. The van der Waals surface area contributed by atoms with Gasteiger partial charge in [0.05, 0.1) is 0 Å². The van der Waals surface area contributed by atoms with Gasteiger partial charge in [0.2, 0.25) is 0 Å². The molecule has 0 spiro atoms. The Balaban J connectivity index is 2.10. The molecule has 0 saturated carbocycles. The summed E-state index contributed by atoms with van der Waals surface area (Å²) in [7, 11) is 0. The Morgan fingerprint density at radius 2 is 2.25 bits per heavy atom. The third kappa shape index (κ3) is 2.48. The summed E-state index contributed by atoms with van der Waals surface area (Å²) in [5.74, 6) is 0.667. The first-order valence-corrected chi connectivity index (χ1v) is 5.99. The molecule has 2 N–H and O–H groups in total. The van der Waals surface area contributed by atoms with Gasteiger partial charge < -0.3 is 5.73 Å². The average Bonchev–Trinajstić information content (AvgIpc) is 2.66. The molecule has 0 saturated heterocycles. The third-order valence-electron chi connectivity index (χ3n) is 2.09. The van der Waals surface area contributed by atoms with Crippen LogP contribution in [-0.2, 0) is 5.75 Å². The fourth-order valence-corrected chi connectivity index (χ4v) is 2.40. The van der Waals surface area contributed by atoms with Crippen molar-refractivity contribution >= 4 is 29.1 Å². The highest BCUT2D eigenvalue weighted by molar-refractivity contribution is 7.98. The molecule has 0 radical (unpaired) electrons. The molecule has 0 unspecified atom stereocenters. The first-order valence-electron chi connectivity index (χ1n) is 4.62. The van der Waals surface area contributed by atoms with Crippen LogP contribution in [0.4, 0.5) is 5.69 Å². The molecule has 0 amide bonds. The molecule has 0 atom stereocenters. The molecule has 16 heavy (non-hydrogen) atoms. The van der Waals surface area contributed by atoms with Gasteiger partial charge in [-0.2, -0.15) is 0 Å². The second-order valence-electron chi connectivity index (χ2n) is 3.27. The molecule has 1 heterocycles. The minimum absolute atomic E-state index is 0.667. The van der Waals surface area contributed by atoms with Crippen molar-refractivity contribution in [1.82, 2.24) is 10.3 Å². The predicted octanol–water partition coefficient (Wildman–Crippen LogP) is 2.91. The maximum atomic E-state index is 5.89. The molecule has 2 aromatic rings. The average molecular weight is 256 g/mol. The van der Waals surface area contributed by atoms with E-state index >= 15 is 0 Å². The highest BCUT2D eigenvalue weighted by Gasteiger charge is 2.07. The van der Waals surface area contributed by atoms with Gasteiger partial charge in [-0.3, -0.25) is 0 Å². The van der Waals surface area contributed by atoms with Crippen molar-refractivity contribution in [2.75, 3.05) is 5.73 Å². The van der Waals surface area contributed by atoms with Crippen LogP contribution in [-0.4, -0.2) is 10.3 Å². The number of nitrogens with two attached hydrogens (primary N) is 1. The summed E-state index contributed by atoms with van der Waals surface area (Å²) >= 11 is 7.45. The van der Waals surface area contributed by atoms with Gasteiger partial charge in [0, 0.05) is 21.4 Å². The summed E-state index contributed by atoms with van der Waals surface area (Å²) in [5, 5.41) is 8.19. The van der Waals surface area contributed by atoms with E-state index in [9.17, 15) is 0 Å². The van der Waals surface area contributed by atoms with Crippen LogP contribution in [0.15, 0.2) is 27.7 Å². The minimum atomic E-state index is 0.667. The van der Waals surface area contributed by atoms with Gasteiger partial charge in [0.25, 0.3) is 0 Å². The summed E-state index contributed by atoms with van der Waals surface area (Å²) in [5.41, 5.74) is 8.16. The van der Waals surface area contributed by atoms with E-state index in [0.717, 1.165) is 16.3 Å². The van der Waals surface area contributed by atoms with Gasteiger partial charge in [-0.25, -0.2) is 4.63 Å². The Bertz CT molecular complexity index is 501. The Hall–Kier alpha value is -1.20. The maximum absolute atomic E-state index is 5.89. The van der Waals surface area contributed by atoms with E-state index in [1.165, 1.54) is 0 Å². The van der Waals surface area contributed by atoms with Gasteiger partial charge in [-0.1, -0.05) is 21.9 Å². The van der Waals surface area contributed by atoms with Gasteiger partial charge in [-0.05, 0) is 25.1 Å². The Morgan fingerprint density at radius 1 is 1.44 bits per heavy atom. The number of benzene rings is 1. The van der Waals surface area contributed by atoms with Crippen molar-refractivity contribution < 1.29 is 4.63 Å². The van der Waals surface area contributed by atoms with Crippen LogP contribution in [0.3, 0.4) is 0 Å². The molecule has 6 heteroatoms. The number of anilines is 1. The second-order valence-corrected chi connectivity index (χ2v) is 4.72. The molecule has 1 aromatic carbocycles. The molecule has 1 aromatic heterocycles. The molecule has 0 fully saturated rings. The van der Waals surface area contributed by atoms with E-state index < -0.39 is 0 Å². The maximum Gasteiger partial charge on any atom is 0.118 e. The molecule has 0 aliphatic carbocycles. The Labute approximate surface area is 102 Å². The van der Waals surface area contributed by atoms with Crippen molar-refractivity contribution in [2.45, 2.75) is 17.6 Å². The summed E-state index contributed by atoms with van der Waals surface area (Å²) in [4.78, 5) is 0.940. The number of thioether (sulfide) groups is 1. The van der Waals surface area contributed by atoms with E-state index in [2.05, 4.69) is 14.9 Å². The Morgan fingerprint density at radius 3 is 2.94 bits per heavy atom. The Kier molecular flexibility index (Phi) is 3.36. The molecule has 0 bridgehead atoms. The van der Waals surface area contributed by atoms with Crippen LogP contribution in [0.2, 0.25) is 5.02 Å². The SMILES string of the molecule is Cc1nonc1CSc1cc(Cl)ccc1N. The fraction of sp³-hybridized carbons (Fsp3) is 0.200. The third-order valence-corrected chi connectivity index (χ3v) is 3.40. The lowest BCUT2D eigenvalue weighted by atomic mass is 10.3. The molecule has 84 valence electrons. The summed E-state index contributed by atoms with van der Waals surface area (Å²) in [6, 6.07) is 5.40. The number of rotatable bonds is 3. The molecule has 0 aliphatic heterocycles. The number of aromatic nitrogens is 2. The van der Waals surface area contributed by atoms with E-state index in [-0.39, 0.29) is 0 Å². The number of nitrogen functional groups attached to an aromatic ring is 1. The summed E-state index contributed by atoms with van der Waals surface area (Å²) in [6.07, 6.45) is 0. The zero-order valence-corrected chi connectivity index (χ0v) is 10.2. The van der Waals surface area contributed by atoms with Gasteiger partial charge in [-0.15, -0.1) is 11.8 Å². The van der Waals surface area contributed by atoms with Gasteiger partial charge in [0.15, 0.2) is 0 Å². The van der Waals surface area contributed by atoms with Crippen molar-refractivity contribution in [3.05, 3.63) is 34.6 Å². The quantitative estimate of drug-likeness (QED) is 0.675. The van der Waals surface area contributed by atoms with E-state index in [0.29, 0.717) is 16.5 Å². The fourth-order valence-electron chi connectivity index (χ4n) is 1.16. The number of halogens is 1. The topological polar surface area (TPSA) is 64.9 Å². The van der Waals surface area contributed by atoms with Crippen LogP contribution in [0.5, 0.6) is 0 Å². The molecule has 4 nitrogen and oxygen atoms in total. The number of hydrogen-bond donors (Lipinski definition) is 1. The lowest BCUT2D eigenvalue weighted by molar-refractivity contribution is 0.302. The largest absolute Gasteiger partial charge is 0.398 e. The monoisotopic (exact) mass is 255 g/mol. The van der Waals surface area contributed by atoms with Crippen LogP contribution in [0.25, 0.3) is 0 Å². The normalized spacial score (nSPS) is 10.6. The zero-order chi connectivity index (χ0) is 11.5. The number of nitrogens with zero attached hydrogens (tertiary/aromatic N) is 2. The lowest BCUT2D eigenvalue weighted by Crippen LogP contribution is -1.90. The zero-order valence-electron chi connectivity index (χ0n) is 8.61. The highest BCUT2D eigenvalue weighted by atomic mass is 35.5. The lowest BCUT2D eigenvalue weighted by Gasteiger charge is -2.04. The second kappa shape index (κ2) is 4.76. The molecule has 2 rings (SSSR count). The highest BCUT2D eigenvalue weighted by Crippen LogP contribution is 2.30. The van der Waals surface area contributed by atoms with Crippen LogP contribution >= 0.6 is 23.4 Å². The van der Waals surface area contributed by atoms with Crippen molar-refractivity contribution in [2.24, 2.45) is 0 Å². The van der Waals surface area contributed by atoms with Crippen molar-refractivity contribution in [3.8, 4) is 0 Å². The van der Waals surface area contributed by atoms with E-state index in [4.69, 9.17) is 17.3 Å². The molecule has 0 aliphatic rings. The van der Waals surface area contributed by atoms with Crippen LogP contribution in [0.1, 0.15) is 11.4 Å². The van der Waals surface area contributed by atoms with E-state index in [1.807, 2.05) is 13.0 Å². The first-order chi connectivity index (χ1) is 7.66. The number of aryl methyl sites for hydroxylation is 1. The number of hydrogen-bond acceptors (Lipinski definition) is 5. The van der Waals surface area contributed by atoms with Crippen molar-refractivity contribution in [3.63, 3.8) is 0 Å². The predicted molar refractivity (Wildman–Crippen MR) is 64.5 cm³/mol. The summed E-state index contributed by atoms with van der Waals surface area (Å²) in [6.45, 7) is 1.85. The van der Waals surface area contributed by atoms with Crippen molar-refractivity contribution in [1.29, 1.82) is 0 Å². The van der Waals surface area contributed by atoms with Crippen LogP contribution in [0, 0.1) is 6.92 Å².